The summed E-state index contributed by atoms with van der Waals surface area (Å²) >= 11 is 0. The summed E-state index contributed by atoms with van der Waals surface area (Å²) in [6, 6.07) is 10.9. The fraction of sp³-hybridized carbons (Fsp3) is 0.462. The van der Waals surface area contributed by atoms with E-state index in [0.29, 0.717) is 49.2 Å². The molecule has 10 heteroatoms. The van der Waals surface area contributed by atoms with E-state index in [1.807, 2.05) is 38.1 Å². The maximum atomic E-state index is 12.6. The molecule has 36 heavy (non-hydrogen) atoms. The van der Waals surface area contributed by atoms with Gasteiger partial charge in [-0.15, -0.1) is 0 Å². The van der Waals surface area contributed by atoms with E-state index >= 15 is 0 Å². The van der Waals surface area contributed by atoms with E-state index in [9.17, 15) is 9.59 Å². The van der Waals surface area contributed by atoms with Crippen LogP contribution in [0.1, 0.15) is 25.0 Å². The van der Waals surface area contributed by atoms with Crippen molar-refractivity contribution in [1.82, 2.24) is 9.80 Å². The van der Waals surface area contributed by atoms with Crippen LogP contribution in [-0.4, -0.2) is 75.0 Å². The minimum absolute atomic E-state index is 0.309. The zero-order valence-corrected chi connectivity index (χ0v) is 21.6. The standard InChI is InChI=1S/C26H34N2O8/c1-17-7-9-21(31-5)15-23(17)33-19(3)35-25(29)27-11-13-28(14-12-27)26(30)36-20(4)34-24-16-22(32-6)10-8-18(24)2/h7-10,15-16,19-20H,11-14H2,1-6H3/t19-,20-/m1/s1. The number of carbonyl (C=O) groups is 2. The van der Waals surface area contributed by atoms with E-state index in [2.05, 4.69) is 0 Å². The SMILES string of the molecule is COc1ccc(C)c(O[C@@H](C)OC(=O)N2CCN(C(=O)O[C@H](C)Oc3cc(OC)ccc3C)CC2)c1. The molecule has 0 radical (unpaired) electrons. The van der Waals surface area contributed by atoms with Gasteiger partial charge in [0, 0.05) is 52.2 Å². The molecular formula is C26H34N2O8. The van der Waals surface area contributed by atoms with Crippen LogP contribution in [0.2, 0.25) is 0 Å². The molecule has 0 bridgehead atoms. The van der Waals surface area contributed by atoms with Crippen LogP contribution < -0.4 is 18.9 Å². The summed E-state index contributed by atoms with van der Waals surface area (Å²) in [5.41, 5.74) is 1.79. The van der Waals surface area contributed by atoms with Gasteiger partial charge >= 0.3 is 12.2 Å². The predicted octanol–water partition coefficient (Wildman–Crippen LogP) is 4.36. The third-order valence-corrected chi connectivity index (χ3v) is 5.71. The first-order chi connectivity index (χ1) is 17.2. The van der Waals surface area contributed by atoms with Crippen molar-refractivity contribution in [2.75, 3.05) is 40.4 Å². The first-order valence-electron chi connectivity index (χ1n) is 11.7. The van der Waals surface area contributed by atoms with Crippen LogP contribution in [-0.2, 0) is 9.47 Å². The Kier molecular flexibility index (Phi) is 9.10. The average Bonchev–Trinajstić information content (AvgIpc) is 2.86. The Balaban J connectivity index is 1.44. The fourth-order valence-corrected chi connectivity index (χ4v) is 3.58. The first kappa shape index (κ1) is 26.8. The molecule has 1 aliphatic heterocycles. The minimum Gasteiger partial charge on any atom is -0.497 e. The molecule has 1 fully saturated rings. The largest absolute Gasteiger partial charge is 0.497 e. The Bertz CT molecular complexity index is 969. The van der Waals surface area contributed by atoms with Gasteiger partial charge in [-0.3, -0.25) is 0 Å². The summed E-state index contributed by atoms with van der Waals surface area (Å²) in [4.78, 5) is 28.2. The molecule has 2 amide bonds. The van der Waals surface area contributed by atoms with Crippen molar-refractivity contribution in [3.8, 4) is 23.0 Å². The molecule has 0 N–H and O–H groups in total. The highest BCUT2D eigenvalue weighted by atomic mass is 16.7. The van der Waals surface area contributed by atoms with Gasteiger partial charge in [0.05, 0.1) is 14.2 Å². The van der Waals surface area contributed by atoms with Crippen molar-refractivity contribution >= 4 is 12.2 Å². The number of carbonyl (C=O) groups excluding carboxylic acids is 2. The molecule has 0 aromatic heterocycles. The lowest BCUT2D eigenvalue weighted by Gasteiger charge is -2.34. The zero-order valence-electron chi connectivity index (χ0n) is 21.6. The van der Waals surface area contributed by atoms with Gasteiger partial charge in [-0.1, -0.05) is 12.1 Å². The molecule has 0 spiro atoms. The van der Waals surface area contributed by atoms with E-state index in [-0.39, 0.29) is 0 Å². The molecule has 196 valence electrons. The zero-order chi connectivity index (χ0) is 26.2. The molecule has 1 heterocycles. The van der Waals surface area contributed by atoms with E-state index in [0.717, 1.165) is 11.1 Å². The average molecular weight is 503 g/mol. The van der Waals surface area contributed by atoms with Crippen LogP contribution in [0, 0.1) is 13.8 Å². The number of amides is 2. The molecule has 2 atom stereocenters. The van der Waals surface area contributed by atoms with Crippen LogP contribution in [0.3, 0.4) is 0 Å². The van der Waals surface area contributed by atoms with Crippen LogP contribution in [0.25, 0.3) is 0 Å². The number of benzene rings is 2. The highest BCUT2D eigenvalue weighted by Gasteiger charge is 2.28. The highest BCUT2D eigenvalue weighted by Crippen LogP contribution is 2.26. The van der Waals surface area contributed by atoms with Crippen LogP contribution in [0.5, 0.6) is 23.0 Å². The van der Waals surface area contributed by atoms with Crippen molar-refractivity contribution in [3.63, 3.8) is 0 Å². The summed E-state index contributed by atoms with van der Waals surface area (Å²) in [6.45, 7) is 8.32. The van der Waals surface area contributed by atoms with Gasteiger partial charge in [-0.2, -0.15) is 0 Å². The van der Waals surface area contributed by atoms with E-state index < -0.39 is 24.8 Å². The van der Waals surface area contributed by atoms with Crippen molar-refractivity contribution in [2.24, 2.45) is 0 Å². The summed E-state index contributed by atoms with van der Waals surface area (Å²) in [5.74, 6) is 2.44. The number of piperazine rings is 1. The van der Waals surface area contributed by atoms with Crippen molar-refractivity contribution in [2.45, 2.75) is 40.3 Å². The van der Waals surface area contributed by atoms with Crippen molar-refractivity contribution in [1.29, 1.82) is 0 Å². The molecule has 0 saturated carbocycles. The molecule has 1 saturated heterocycles. The molecule has 0 aliphatic carbocycles. The number of hydrogen-bond donors (Lipinski definition) is 0. The summed E-state index contributed by atoms with van der Waals surface area (Å²) in [7, 11) is 3.14. The highest BCUT2D eigenvalue weighted by molar-refractivity contribution is 5.70. The van der Waals surface area contributed by atoms with E-state index in [1.165, 1.54) is 9.80 Å². The second-order valence-corrected chi connectivity index (χ2v) is 8.38. The first-order valence-corrected chi connectivity index (χ1v) is 11.7. The fourth-order valence-electron chi connectivity index (χ4n) is 3.58. The molecular weight excluding hydrogens is 468 g/mol. The Morgan fingerprint density at radius 2 is 1.06 bits per heavy atom. The Morgan fingerprint density at radius 1 is 0.694 bits per heavy atom. The third-order valence-electron chi connectivity index (χ3n) is 5.71. The number of methoxy groups -OCH3 is 2. The number of hydrogen-bond acceptors (Lipinski definition) is 8. The van der Waals surface area contributed by atoms with E-state index in [4.69, 9.17) is 28.4 Å². The lowest BCUT2D eigenvalue weighted by Crippen LogP contribution is -2.51. The van der Waals surface area contributed by atoms with Gasteiger partial charge in [0.25, 0.3) is 0 Å². The molecule has 10 nitrogen and oxygen atoms in total. The predicted molar refractivity (Wildman–Crippen MR) is 132 cm³/mol. The second-order valence-electron chi connectivity index (χ2n) is 8.38. The normalized spacial score (nSPS) is 14.9. The Labute approximate surface area is 211 Å². The quantitative estimate of drug-likeness (QED) is 0.492. The van der Waals surface area contributed by atoms with Gasteiger partial charge in [0.2, 0.25) is 12.6 Å². The number of aryl methyl sites for hydroxylation is 2. The molecule has 0 unspecified atom stereocenters. The van der Waals surface area contributed by atoms with E-state index in [1.54, 1.807) is 40.2 Å². The topological polar surface area (TPSA) is 96.0 Å². The maximum Gasteiger partial charge on any atom is 0.412 e. The molecule has 3 rings (SSSR count). The lowest BCUT2D eigenvalue weighted by atomic mass is 10.2. The monoisotopic (exact) mass is 502 g/mol. The van der Waals surface area contributed by atoms with Crippen LogP contribution in [0.15, 0.2) is 36.4 Å². The van der Waals surface area contributed by atoms with Crippen molar-refractivity contribution in [3.05, 3.63) is 47.5 Å². The number of rotatable bonds is 8. The maximum absolute atomic E-state index is 12.6. The summed E-state index contributed by atoms with van der Waals surface area (Å²) in [5, 5.41) is 0. The third kappa shape index (κ3) is 7.10. The number of ether oxygens (including phenoxy) is 6. The Hall–Kier alpha value is -3.82. The lowest BCUT2D eigenvalue weighted by molar-refractivity contribution is -0.0482. The molecule has 1 aliphatic rings. The number of nitrogens with zero attached hydrogens (tertiary/aromatic N) is 2. The van der Waals surface area contributed by atoms with Crippen LogP contribution >= 0.6 is 0 Å². The van der Waals surface area contributed by atoms with Crippen molar-refractivity contribution < 1.29 is 38.0 Å². The van der Waals surface area contributed by atoms with Gasteiger partial charge in [0.15, 0.2) is 0 Å². The van der Waals surface area contributed by atoms with Crippen LogP contribution in [0.4, 0.5) is 9.59 Å². The minimum atomic E-state index is -0.802. The van der Waals surface area contributed by atoms with Gasteiger partial charge < -0.3 is 38.2 Å². The molecule has 2 aromatic rings. The Morgan fingerprint density at radius 3 is 1.39 bits per heavy atom. The second kappa shape index (κ2) is 12.2. The van der Waals surface area contributed by atoms with Gasteiger partial charge in [-0.25, -0.2) is 9.59 Å². The summed E-state index contributed by atoms with van der Waals surface area (Å²) in [6.07, 6.45) is -2.63. The smallest absolute Gasteiger partial charge is 0.412 e. The van der Waals surface area contributed by atoms with Gasteiger partial charge in [-0.05, 0) is 37.1 Å². The summed E-state index contributed by atoms with van der Waals surface area (Å²) < 4.78 is 32.8. The molecule has 2 aromatic carbocycles. The van der Waals surface area contributed by atoms with Gasteiger partial charge in [0.1, 0.15) is 23.0 Å².